The molecule has 8 nitrogen and oxygen atoms in total. The monoisotopic (exact) mass is 448 g/mol. The first-order chi connectivity index (χ1) is 14.3. The van der Waals surface area contributed by atoms with Gasteiger partial charge >= 0.3 is 5.97 Å². The molecule has 2 aromatic carbocycles. The molecule has 0 bridgehead atoms. The number of ether oxygens (including phenoxy) is 1. The van der Waals surface area contributed by atoms with E-state index in [1.807, 2.05) is 0 Å². The van der Waals surface area contributed by atoms with Crippen molar-refractivity contribution in [3.05, 3.63) is 83.3 Å². The summed E-state index contributed by atoms with van der Waals surface area (Å²) in [7, 11) is -3.78. The van der Waals surface area contributed by atoms with Crippen LogP contribution in [-0.2, 0) is 26.1 Å². The minimum atomic E-state index is -3.78. The second-order valence-electron chi connectivity index (χ2n) is 6.03. The Kier molecular flexibility index (Phi) is 6.88. The summed E-state index contributed by atoms with van der Waals surface area (Å²) in [6.45, 7) is -0.519. The largest absolute Gasteiger partial charge is 0.468 e. The maximum atomic E-state index is 12.3. The third-order valence-corrected chi connectivity index (χ3v) is 5.65. The predicted octanol–water partition coefficient (Wildman–Crippen LogP) is 3.21. The molecule has 0 spiro atoms. The van der Waals surface area contributed by atoms with Crippen molar-refractivity contribution < 1.29 is 27.2 Å². The van der Waals surface area contributed by atoms with Crippen LogP contribution in [0.3, 0.4) is 0 Å². The van der Waals surface area contributed by atoms with Crippen LogP contribution in [-0.4, -0.2) is 26.9 Å². The number of halogens is 1. The van der Waals surface area contributed by atoms with E-state index in [1.54, 1.807) is 36.4 Å². The Bertz CT molecular complexity index is 1130. The van der Waals surface area contributed by atoms with Crippen molar-refractivity contribution in [3.8, 4) is 0 Å². The maximum Gasteiger partial charge on any atom is 0.338 e. The number of benzene rings is 2. The Hall–Kier alpha value is -3.14. The summed E-state index contributed by atoms with van der Waals surface area (Å²) in [4.78, 5) is 24.0. The van der Waals surface area contributed by atoms with Gasteiger partial charge in [0.1, 0.15) is 5.76 Å². The Morgan fingerprint density at radius 3 is 2.40 bits per heavy atom. The van der Waals surface area contributed by atoms with E-state index in [9.17, 15) is 18.0 Å². The van der Waals surface area contributed by atoms with Gasteiger partial charge in [0.05, 0.1) is 34.0 Å². The summed E-state index contributed by atoms with van der Waals surface area (Å²) >= 11 is 5.95. The van der Waals surface area contributed by atoms with Gasteiger partial charge in [0.2, 0.25) is 10.0 Å². The molecule has 1 aromatic heterocycles. The van der Waals surface area contributed by atoms with E-state index >= 15 is 0 Å². The van der Waals surface area contributed by atoms with Gasteiger partial charge in [-0.2, -0.15) is 0 Å². The van der Waals surface area contributed by atoms with Gasteiger partial charge in [-0.05, 0) is 48.5 Å². The average Bonchev–Trinajstić information content (AvgIpc) is 3.26. The summed E-state index contributed by atoms with van der Waals surface area (Å²) in [5, 5.41) is 2.88. The van der Waals surface area contributed by atoms with Gasteiger partial charge in [-0.25, -0.2) is 17.9 Å². The molecule has 0 saturated carbocycles. The fourth-order valence-electron chi connectivity index (χ4n) is 2.40. The Morgan fingerprint density at radius 2 is 1.73 bits per heavy atom. The minimum absolute atomic E-state index is 0.000329. The third kappa shape index (κ3) is 5.69. The first kappa shape index (κ1) is 21.6. The van der Waals surface area contributed by atoms with E-state index in [1.165, 1.54) is 30.5 Å². The van der Waals surface area contributed by atoms with Crippen LogP contribution in [0.1, 0.15) is 16.1 Å². The topological polar surface area (TPSA) is 115 Å². The molecular formula is C20H17ClN2O6S. The summed E-state index contributed by atoms with van der Waals surface area (Å²) < 4.78 is 37.0. The quantitative estimate of drug-likeness (QED) is 0.511. The highest BCUT2D eigenvalue weighted by Crippen LogP contribution is 2.20. The first-order valence-corrected chi connectivity index (χ1v) is 10.5. The summed E-state index contributed by atoms with van der Waals surface area (Å²) in [5.41, 5.74) is 0.502. The summed E-state index contributed by atoms with van der Waals surface area (Å²) in [6.07, 6.45) is 1.44. The standard InChI is InChI=1S/C20H17ClN2O6S/c21-17-5-1-2-6-18(17)23-19(24)13-29-20(25)14-7-9-16(10-8-14)30(26,27)22-12-15-4-3-11-28-15/h1-11,22H,12-13H2,(H,23,24). The van der Waals surface area contributed by atoms with E-state index in [2.05, 4.69) is 10.0 Å². The van der Waals surface area contributed by atoms with Crippen molar-refractivity contribution in [2.24, 2.45) is 0 Å². The fraction of sp³-hybridized carbons (Fsp3) is 0.100. The zero-order valence-corrected chi connectivity index (χ0v) is 17.1. The molecule has 0 aliphatic carbocycles. The molecular weight excluding hydrogens is 432 g/mol. The highest BCUT2D eigenvalue weighted by Gasteiger charge is 2.16. The molecule has 1 heterocycles. The number of hydrogen-bond donors (Lipinski definition) is 2. The number of carbonyl (C=O) groups is 2. The first-order valence-electron chi connectivity index (χ1n) is 8.69. The lowest BCUT2D eigenvalue weighted by Gasteiger charge is -2.09. The van der Waals surface area contributed by atoms with Crippen molar-refractivity contribution in [1.82, 2.24) is 4.72 Å². The number of carbonyl (C=O) groups excluding carboxylic acids is 2. The van der Waals surface area contributed by atoms with Crippen LogP contribution in [0.4, 0.5) is 5.69 Å². The maximum absolute atomic E-state index is 12.3. The van der Waals surface area contributed by atoms with Gasteiger partial charge in [-0.1, -0.05) is 23.7 Å². The molecule has 0 saturated heterocycles. The zero-order chi connectivity index (χ0) is 21.6. The smallest absolute Gasteiger partial charge is 0.338 e. The van der Waals surface area contributed by atoms with Crippen LogP contribution in [0.15, 0.2) is 76.2 Å². The number of furan rings is 1. The molecule has 10 heteroatoms. The summed E-state index contributed by atoms with van der Waals surface area (Å²) in [6, 6.07) is 15.1. The number of nitrogens with one attached hydrogen (secondary N) is 2. The number of rotatable bonds is 8. The second-order valence-corrected chi connectivity index (χ2v) is 8.21. The molecule has 0 unspecified atom stereocenters. The fourth-order valence-corrected chi connectivity index (χ4v) is 3.57. The molecule has 1 amide bonds. The summed E-state index contributed by atoms with van der Waals surface area (Å²) in [5.74, 6) is -0.858. The lowest BCUT2D eigenvalue weighted by Crippen LogP contribution is -2.23. The van der Waals surface area contributed by atoms with Crippen molar-refractivity contribution >= 4 is 39.2 Å². The van der Waals surface area contributed by atoms with Gasteiger partial charge < -0.3 is 14.5 Å². The highest BCUT2D eigenvalue weighted by molar-refractivity contribution is 7.89. The molecule has 0 radical (unpaired) electrons. The number of hydrogen-bond acceptors (Lipinski definition) is 6. The van der Waals surface area contributed by atoms with Crippen LogP contribution in [0, 0.1) is 0 Å². The number of esters is 1. The van der Waals surface area contributed by atoms with Gasteiger partial charge in [-0.3, -0.25) is 4.79 Å². The number of para-hydroxylation sites is 1. The van der Waals surface area contributed by atoms with E-state index < -0.39 is 28.5 Å². The van der Waals surface area contributed by atoms with Crippen LogP contribution in [0.2, 0.25) is 5.02 Å². The molecule has 2 N–H and O–H groups in total. The number of sulfonamides is 1. The SMILES string of the molecule is O=C(COC(=O)c1ccc(S(=O)(=O)NCc2ccco2)cc1)Nc1ccccc1Cl. The molecule has 0 aliphatic rings. The Labute approximate surface area is 177 Å². The third-order valence-electron chi connectivity index (χ3n) is 3.90. The zero-order valence-electron chi connectivity index (χ0n) is 15.5. The van der Waals surface area contributed by atoms with Crippen molar-refractivity contribution in [2.75, 3.05) is 11.9 Å². The van der Waals surface area contributed by atoms with Crippen LogP contribution in [0.5, 0.6) is 0 Å². The van der Waals surface area contributed by atoms with Crippen LogP contribution >= 0.6 is 11.6 Å². The number of amides is 1. The molecule has 0 fully saturated rings. The predicted molar refractivity (Wildman–Crippen MR) is 110 cm³/mol. The average molecular weight is 449 g/mol. The Morgan fingerprint density at radius 1 is 1.00 bits per heavy atom. The molecule has 3 aromatic rings. The molecule has 30 heavy (non-hydrogen) atoms. The van der Waals surface area contributed by atoms with Gasteiger partial charge in [0, 0.05) is 0 Å². The molecule has 156 valence electrons. The normalized spacial score (nSPS) is 11.1. The van der Waals surface area contributed by atoms with Crippen molar-refractivity contribution in [2.45, 2.75) is 11.4 Å². The van der Waals surface area contributed by atoms with E-state index in [4.69, 9.17) is 20.8 Å². The molecule has 0 aliphatic heterocycles. The molecule has 3 rings (SSSR count). The van der Waals surface area contributed by atoms with Crippen LogP contribution in [0.25, 0.3) is 0 Å². The van der Waals surface area contributed by atoms with Crippen molar-refractivity contribution in [1.29, 1.82) is 0 Å². The van der Waals surface area contributed by atoms with Crippen LogP contribution < -0.4 is 10.0 Å². The lowest BCUT2D eigenvalue weighted by molar-refractivity contribution is -0.119. The molecule has 0 atom stereocenters. The Balaban J connectivity index is 1.54. The van der Waals surface area contributed by atoms with E-state index in [0.29, 0.717) is 16.5 Å². The van der Waals surface area contributed by atoms with Crippen molar-refractivity contribution in [3.63, 3.8) is 0 Å². The van der Waals surface area contributed by atoms with Gasteiger partial charge in [0.25, 0.3) is 5.91 Å². The van der Waals surface area contributed by atoms with Gasteiger partial charge in [-0.15, -0.1) is 0 Å². The lowest BCUT2D eigenvalue weighted by atomic mass is 10.2. The second kappa shape index (κ2) is 9.57. The minimum Gasteiger partial charge on any atom is -0.468 e. The van der Waals surface area contributed by atoms with E-state index in [0.717, 1.165) is 0 Å². The highest BCUT2D eigenvalue weighted by atomic mass is 35.5. The van der Waals surface area contributed by atoms with Gasteiger partial charge in [0.15, 0.2) is 6.61 Å². The number of anilines is 1. The van der Waals surface area contributed by atoms with E-state index in [-0.39, 0.29) is 17.0 Å².